The Morgan fingerprint density at radius 3 is 2.59 bits per heavy atom. The number of likely N-dealkylation sites (tertiary alicyclic amines) is 1. The van der Waals surface area contributed by atoms with E-state index in [4.69, 9.17) is 11.5 Å². The molecule has 1 aromatic rings. The fourth-order valence-corrected chi connectivity index (χ4v) is 3.75. The monoisotopic (exact) mass is 418 g/mol. The summed E-state index contributed by atoms with van der Waals surface area (Å²) in [5.41, 5.74) is 13.5. The van der Waals surface area contributed by atoms with Gasteiger partial charge < -0.3 is 16.4 Å². The molecule has 2 rings (SSSR count). The van der Waals surface area contributed by atoms with Crippen LogP contribution in [0.3, 0.4) is 0 Å². The molecule has 5 N–H and O–H groups in total. The van der Waals surface area contributed by atoms with E-state index in [1.54, 1.807) is 0 Å². The van der Waals surface area contributed by atoms with Crippen LogP contribution in [0, 0.1) is 12.3 Å². The van der Waals surface area contributed by atoms with Crippen LogP contribution in [0.4, 0.5) is 9.93 Å². The molecule has 0 radical (unpaired) electrons. The first-order valence-corrected chi connectivity index (χ1v) is 10.3. The van der Waals surface area contributed by atoms with Crippen LogP contribution >= 0.6 is 11.3 Å². The van der Waals surface area contributed by atoms with Crippen molar-refractivity contribution in [3.8, 4) is 0 Å². The smallest absolute Gasteiger partial charge is 0.324 e. The Morgan fingerprint density at radius 2 is 2.03 bits per heavy atom. The summed E-state index contributed by atoms with van der Waals surface area (Å²) in [4.78, 5) is 35.5. The number of nitrogens with zero attached hydrogens (tertiary/aromatic N) is 3. The topological polar surface area (TPSA) is 127 Å². The van der Waals surface area contributed by atoms with Crippen LogP contribution in [0.1, 0.15) is 51.1 Å². The fraction of sp³-hybridized carbons (Fsp3) is 0.500. The molecule has 1 saturated heterocycles. The number of allylic oxidation sites excluding steroid dienone is 2. The Hall–Kier alpha value is -2.68. The average molecular weight is 419 g/mol. The van der Waals surface area contributed by atoms with Crippen LogP contribution < -0.4 is 16.8 Å². The lowest BCUT2D eigenvalue weighted by Crippen LogP contribution is -2.45. The van der Waals surface area contributed by atoms with Crippen molar-refractivity contribution in [1.29, 1.82) is 0 Å². The molecule has 0 unspecified atom stereocenters. The normalized spacial score (nSPS) is 18.1. The van der Waals surface area contributed by atoms with Gasteiger partial charge in [0.2, 0.25) is 5.91 Å². The third-order valence-electron chi connectivity index (χ3n) is 4.48. The number of nitrogens with one attached hydrogen (secondary N) is 1. The largest absolute Gasteiger partial charge is 0.387 e. The van der Waals surface area contributed by atoms with Crippen LogP contribution in [0.15, 0.2) is 23.2 Å². The highest BCUT2D eigenvalue weighted by molar-refractivity contribution is 7.17. The van der Waals surface area contributed by atoms with Crippen molar-refractivity contribution in [3.63, 3.8) is 0 Å². The molecule has 29 heavy (non-hydrogen) atoms. The molecule has 0 bridgehead atoms. The highest BCUT2D eigenvalue weighted by Crippen LogP contribution is 2.32. The van der Waals surface area contributed by atoms with E-state index < -0.39 is 11.9 Å². The number of anilines is 1. The van der Waals surface area contributed by atoms with Gasteiger partial charge in [-0.25, -0.2) is 14.8 Å². The molecule has 0 saturated carbocycles. The molecule has 3 amide bonds. The summed E-state index contributed by atoms with van der Waals surface area (Å²) >= 11 is 1.30. The van der Waals surface area contributed by atoms with Crippen molar-refractivity contribution in [2.24, 2.45) is 21.9 Å². The van der Waals surface area contributed by atoms with Gasteiger partial charge in [0.05, 0.1) is 16.3 Å². The SMILES string of the molecule is C=C(C)/C=C(\N=C(N)C(C)(C)C)c1sc(NC(=O)N2CCC[C@H]2C(N)=O)nc1C. The highest BCUT2D eigenvalue weighted by atomic mass is 32.1. The number of rotatable bonds is 5. The second-order valence-corrected chi connectivity index (χ2v) is 9.24. The van der Waals surface area contributed by atoms with Crippen molar-refractivity contribution in [2.45, 2.75) is 53.5 Å². The standard InChI is InChI=1S/C20H30N6O2S/c1-11(2)10-13(24-17(22)20(4,5)6)15-12(3)23-18(29-15)25-19(28)26-9-7-8-14(26)16(21)27/h10,14H,1,7-9H2,2-6H3,(H2,21,27)(H2,22,24)(H,23,25,28)/b13-10-/t14-/m0/s1. The summed E-state index contributed by atoms with van der Waals surface area (Å²) < 4.78 is 0. The van der Waals surface area contributed by atoms with Crippen LogP contribution in [-0.4, -0.2) is 40.2 Å². The van der Waals surface area contributed by atoms with Crippen LogP contribution in [0.5, 0.6) is 0 Å². The fourth-order valence-electron chi connectivity index (χ4n) is 2.84. The molecule has 0 aromatic carbocycles. The first kappa shape index (κ1) is 22.6. The van der Waals surface area contributed by atoms with Gasteiger partial charge >= 0.3 is 6.03 Å². The van der Waals surface area contributed by atoms with Crippen molar-refractivity contribution in [3.05, 3.63) is 28.8 Å². The maximum Gasteiger partial charge on any atom is 0.324 e. The Balaban J connectivity index is 2.31. The van der Waals surface area contributed by atoms with E-state index in [0.29, 0.717) is 29.6 Å². The van der Waals surface area contributed by atoms with E-state index in [1.807, 2.05) is 40.7 Å². The van der Waals surface area contributed by atoms with Gasteiger partial charge in [-0.3, -0.25) is 10.1 Å². The molecular formula is C20H30N6O2S. The molecule has 2 heterocycles. The molecule has 8 nitrogen and oxygen atoms in total. The zero-order valence-corrected chi connectivity index (χ0v) is 18.5. The Morgan fingerprint density at radius 1 is 1.38 bits per heavy atom. The van der Waals surface area contributed by atoms with Gasteiger partial charge in [-0.2, -0.15) is 0 Å². The van der Waals surface area contributed by atoms with Gasteiger partial charge in [0.25, 0.3) is 0 Å². The average Bonchev–Trinajstić information content (AvgIpc) is 3.19. The number of carbonyl (C=O) groups is 2. The van der Waals surface area contributed by atoms with E-state index in [2.05, 4.69) is 21.9 Å². The van der Waals surface area contributed by atoms with Gasteiger partial charge in [0.1, 0.15) is 11.9 Å². The molecule has 1 aliphatic heterocycles. The minimum absolute atomic E-state index is 0.288. The number of primary amides is 1. The number of hydrogen-bond donors (Lipinski definition) is 3. The lowest BCUT2D eigenvalue weighted by Gasteiger charge is -2.21. The van der Waals surface area contributed by atoms with Crippen molar-refractivity contribution in [1.82, 2.24) is 9.88 Å². The molecule has 1 fully saturated rings. The van der Waals surface area contributed by atoms with E-state index >= 15 is 0 Å². The number of nitrogens with two attached hydrogens (primary N) is 2. The number of aryl methyl sites for hydroxylation is 1. The third kappa shape index (κ3) is 5.66. The van der Waals surface area contributed by atoms with Crippen molar-refractivity contribution >= 4 is 39.9 Å². The van der Waals surface area contributed by atoms with E-state index in [0.717, 1.165) is 22.6 Å². The quantitative estimate of drug-likeness (QED) is 0.385. The van der Waals surface area contributed by atoms with Crippen LogP contribution in [0.2, 0.25) is 0 Å². The molecule has 1 atom stereocenters. The first-order valence-electron chi connectivity index (χ1n) is 9.46. The highest BCUT2D eigenvalue weighted by Gasteiger charge is 2.33. The molecular weight excluding hydrogens is 388 g/mol. The molecule has 9 heteroatoms. The second-order valence-electron chi connectivity index (χ2n) is 8.24. The Labute approximate surface area is 175 Å². The summed E-state index contributed by atoms with van der Waals surface area (Å²) in [6.07, 6.45) is 3.17. The molecule has 1 aromatic heterocycles. The van der Waals surface area contributed by atoms with Gasteiger partial charge in [0, 0.05) is 12.0 Å². The zero-order valence-electron chi connectivity index (χ0n) is 17.7. The number of aliphatic imine (C=N–C) groups is 1. The van der Waals surface area contributed by atoms with E-state index in [1.165, 1.54) is 16.2 Å². The maximum absolute atomic E-state index is 12.6. The number of thiazole rings is 1. The number of aromatic nitrogens is 1. The zero-order chi connectivity index (χ0) is 21.9. The molecule has 158 valence electrons. The van der Waals surface area contributed by atoms with Crippen LogP contribution in [-0.2, 0) is 4.79 Å². The van der Waals surface area contributed by atoms with Crippen LogP contribution in [0.25, 0.3) is 5.70 Å². The maximum atomic E-state index is 12.6. The van der Waals surface area contributed by atoms with Gasteiger partial charge in [0.15, 0.2) is 5.13 Å². The Kier molecular flexibility index (Phi) is 6.84. The number of amides is 3. The summed E-state index contributed by atoms with van der Waals surface area (Å²) in [5, 5.41) is 3.20. The predicted octanol–water partition coefficient (Wildman–Crippen LogP) is 3.25. The van der Waals surface area contributed by atoms with Crippen molar-refractivity contribution in [2.75, 3.05) is 11.9 Å². The minimum atomic E-state index is -0.578. The third-order valence-corrected chi connectivity index (χ3v) is 5.57. The van der Waals surface area contributed by atoms with Gasteiger partial charge in [-0.15, -0.1) is 0 Å². The number of carbonyl (C=O) groups excluding carboxylic acids is 2. The summed E-state index contributed by atoms with van der Waals surface area (Å²) in [6, 6.07) is -0.958. The minimum Gasteiger partial charge on any atom is -0.387 e. The number of amidine groups is 1. The lowest BCUT2D eigenvalue weighted by molar-refractivity contribution is -0.121. The van der Waals surface area contributed by atoms with E-state index in [-0.39, 0.29) is 11.4 Å². The number of urea groups is 1. The Bertz CT molecular complexity index is 878. The molecule has 1 aliphatic rings. The summed E-state index contributed by atoms with van der Waals surface area (Å²) in [5.74, 6) is -0.00270. The second kappa shape index (κ2) is 8.77. The number of hydrogen-bond acceptors (Lipinski definition) is 5. The van der Waals surface area contributed by atoms with Gasteiger partial charge in [-0.1, -0.05) is 44.3 Å². The van der Waals surface area contributed by atoms with Crippen molar-refractivity contribution < 1.29 is 9.59 Å². The molecule has 0 spiro atoms. The molecule has 0 aliphatic carbocycles. The summed E-state index contributed by atoms with van der Waals surface area (Å²) in [6.45, 7) is 14.1. The first-order chi connectivity index (χ1) is 13.4. The van der Waals surface area contributed by atoms with Gasteiger partial charge in [-0.05, 0) is 32.8 Å². The lowest BCUT2D eigenvalue weighted by atomic mass is 9.95. The van der Waals surface area contributed by atoms with E-state index in [9.17, 15) is 9.59 Å². The summed E-state index contributed by atoms with van der Waals surface area (Å²) in [7, 11) is 0. The predicted molar refractivity (Wildman–Crippen MR) is 119 cm³/mol.